The van der Waals surface area contributed by atoms with E-state index in [0.29, 0.717) is 0 Å². The van der Waals surface area contributed by atoms with E-state index in [1.165, 1.54) is 0 Å². The van der Waals surface area contributed by atoms with Crippen LogP contribution in [0.1, 0.15) is 17.8 Å². The minimum Gasteiger partial charge on any atom is -0.325 e. The number of hydrogen-bond acceptors (Lipinski definition) is 2. The maximum Gasteiger partial charge on any atom is 0.281 e. The van der Waals surface area contributed by atoms with E-state index in [1.54, 1.807) is 0 Å². The minimum absolute atomic E-state index is 0.0530. The first-order valence-electron chi connectivity index (χ1n) is 3.39. The first-order valence-corrected chi connectivity index (χ1v) is 3.77. The van der Waals surface area contributed by atoms with Crippen LogP contribution < -0.4 is 5.73 Å². The fourth-order valence-electron chi connectivity index (χ4n) is 0.817. The van der Waals surface area contributed by atoms with Gasteiger partial charge in [0.2, 0.25) is 0 Å². The molecule has 0 atom stereocenters. The van der Waals surface area contributed by atoms with Crippen LogP contribution in [0.5, 0.6) is 0 Å². The van der Waals surface area contributed by atoms with Crippen LogP contribution in [0.25, 0.3) is 0 Å². The van der Waals surface area contributed by atoms with Crippen LogP contribution in [0.4, 0.5) is 13.2 Å². The van der Waals surface area contributed by atoms with Crippen LogP contribution in [0.15, 0.2) is 6.07 Å². The summed E-state index contributed by atoms with van der Waals surface area (Å²) in [5.74, 6) is -0.924. The van der Waals surface area contributed by atoms with Gasteiger partial charge in [0.15, 0.2) is 0 Å². The van der Waals surface area contributed by atoms with E-state index < -0.39 is 23.0 Å². The lowest BCUT2D eigenvalue weighted by Crippen LogP contribution is -2.04. The topological polar surface area (TPSA) is 38.9 Å². The SMILES string of the molecule is NCc1cc(F)c(Cl)c(C(F)F)n1. The van der Waals surface area contributed by atoms with Gasteiger partial charge in [-0.15, -0.1) is 0 Å². The zero-order valence-corrected chi connectivity index (χ0v) is 7.15. The van der Waals surface area contributed by atoms with Gasteiger partial charge in [-0.1, -0.05) is 11.6 Å². The molecule has 0 aliphatic heterocycles. The first-order chi connectivity index (χ1) is 6.06. The van der Waals surface area contributed by atoms with Gasteiger partial charge in [-0.2, -0.15) is 0 Å². The highest BCUT2D eigenvalue weighted by Crippen LogP contribution is 2.27. The summed E-state index contributed by atoms with van der Waals surface area (Å²) in [5.41, 5.74) is 4.41. The lowest BCUT2D eigenvalue weighted by molar-refractivity contribution is 0.145. The predicted octanol–water partition coefficient (Wildman–Crippen LogP) is 2.27. The molecule has 0 bridgehead atoms. The molecule has 0 unspecified atom stereocenters. The molecule has 1 rings (SSSR count). The van der Waals surface area contributed by atoms with Gasteiger partial charge in [-0.25, -0.2) is 18.2 Å². The Morgan fingerprint density at radius 3 is 2.62 bits per heavy atom. The van der Waals surface area contributed by atoms with Crippen LogP contribution >= 0.6 is 11.6 Å². The van der Waals surface area contributed by atoms with E-state index in [4.69, 9.17) is 17.3 Å². The predicted molar refractivity (Wildman–Crippen MR) is 42.1 cm³/mol. The number of rotatable bonds is 2. The van der Waals surface area contributed by atoms with Gasteiger partial charge in [0.05, 0.1) is 5.69 Å². The highest BCUT2D eigenvalue weighted by molar-refractivity contribution is 6.31. The average Bonchev–Trinajstić information content (AvgIpc) is 2.09. The molecule has 0 saturated carbocycles. The molecule has 0 fully saturated rings. The number of aromatic nitrogens is 1. The Morgan fingerprint density at radius 2 is 2.15 bits per heavy atom. The maximum atomic E-state index is 12.8. The summed E-state index contributed by atoms with van der Waals surface area (Å²) in [6.45, 7) is -0.103. The van der Waals surface area contributed by atoms with Gasteiger partial charge in [0.1, 0.15) is 16.5 Å². The molecular weight excluding hydrogens is 205 g/mol. The van der Waals surface area contributed by atoms with Crippen LogP contribution in [0, 0.1) is 5.82 Å². The number of alkyl halides is 2. The molecule has 2 N–H and O–H groups in total. The van der Waals surface area contributed by atoms with Crippen molar-refractivity contribution in [1.82, 2.24) is 4.98 Å². The van der Waals surface area contributed by atoms with Crippen molar-refractivity contribution in [2.75, 3.05) is 0 Å². The van der Waals surface area contributed by atoms with Crippen LogP contribution in [-0.2, 0) is 6.54 Å². The Morgan fingerprint density at radius 1 is 1.54 bits per heavy atom. The molecule has 0 saturated heterocycles. The molecule has 0 amide bonds. The van der Waals surface area contributed by atoms with Crippen molar-refractivity contribution in [2.24, 2.45) is 5.73 Å². The molecule has 1 aromatic rings. The van der Waals surface area contributed by atoms with E-state index in [9.17, 15) is 13.2 Å². The molecule has 72 valence electrons. The molecule has 6 heteroatoms. The fraction of sp³-hybridized carbons (Fsp3) is 0.286. The Bertz CT molecular complexity index is 317. The van der Waals surface area contributed by atoms with Crippen LogP contribution in [0.2, 0.25) is 5.02 Å². The van der Waals surface area contributed by atoms with Crippen molar-refractivity contribution in [2.45, 2.75) is 13.0 Å². The van der Waals surface area contributed by atoms with Crippen LogP contribution in [-0.4, -0.2) is 4.98 Å². The summed E-state index contributed by atoms with van der Waals surface area (Å²) < 4.78 is 37.2. The van der Waals surface area contributed by atoms with Gasteiger partial charge in [0, 0.05) is 6.54 Å². The number of nitrogens with two attached hydrogens (primary N) is 1. The Labute approximate surface area is 77.5 Å². The van der Waals surface area contributed by atoms with Gasteiger partial charge in [-0.05, 0) is 6.07 Å². The van der Waals surface area contributed by atoms with Crippen molar-refractivity contribution in [3.8, 4) is 0 Å². The van der Waals surface area contributed by atoms with E-state index in [2.05, 4.69) is 4.98 Å². The first kappa shape index (κ1) is 10.3. The maximum absolute atomic E-state index is 12.8. The summed E-state index contributed by atoms with van der Waals surface area (Å²) in [6, 6.07) is 0.939. The molecule has 13 heavy (non-hydrogen) atoms. The lowest BCUT2D eigenvalue weighted by Gasteiger charge is -2.05. The molecular formula is C7H6ClF3N2. The van der Waals surface area contributed by atoms with Crippen LogP contribution in [0.3, 0.4) is 0 Å². The summed E-state index contributed by atoms with van der Waals surface area (Å²) in [7, 11) is 0. The average molecular weight is 211 g/mol. The minimum atomic E-state index is -2.89. The number of nitrogens with zero attached hydrogens (tertiary/aromatic N) is 1. The van der Waals surface area contributed by atoms with Crippen molar-refractivity contribution in [1.29, 1.82) is 0 Å². The normalized spacial score (nSPS) is 10.9. The fourth-order valence-corrected chi connectivity index (χ4v) is 0.997. The third kappa shape index (κ3) is 2.10. The third-order valence-corrected chi connectivity index (χ3v) is 1.78. The highest BCUT2D eigenvalue weighted by Gasteiger charge is 2.18. The molecule has 2 nitrogen and oxygen atoms in total. The van der Waals surface area contributed by atoms with Crippen molar-refractivity contribution in [3.63, 3.8) is 0 Å². The second-order valence-electron chi connectivity index (χ2n) is 2.30. The van der Waals surface area contributed by atoms with Crippen molar-refractivity contribution in [3.05, 3.63) is 28.3 Å². The molecule has 1 heterocycles. The molecule has 0 radical (unpaired) electrons. The highest BCUT2D eigenvalue weighted by atomic mass is 35.5. The van der Waals surface area contributed by atoms with Gasteiger partial charge < -0.3 is 5.73 Å². The number of pyridine rings is 1. The number of hydrogen-bond donors (Lipinski definition) is 1. The molecule has 0 aliphatic carbocycles. The summed E-state index contributed by atoms with van der Waals surface area (Å²) in [6.07, 6.45) is -2.89. The zero-order valence-electron chi connectivity index (χ0n) is 6.40. The Hall–Kier alpha value is -0.810. The number of halogens is 4. The second-order valence-corrected chi connectivity index (χ2v) is 2.68. The van der Waals surface area contributed by atoms with Gasteiger partial charge >= 0.3 is 0 Å². The summed E-state index contributed by atoms with van der Waals surface area (Å²) in [5, 5.41) is -0.646. The summed E-state index contributed by atoms with van der Waals surface area (Å²) >= 11 is 5.26. The second kappa shape index (κ2) is 3.93. The molecule has 1 aromatic heterocycles. The monoisotopic (exact) mass is 210 g/mol. The Balaban J connectivity index is 3.25. The molecule has 0 aliphatic rings. The van der Waals surface area contributed by atoms with E-state index in [1.807, 2.05) is 0 Å². The van der Waals surface area contributed by atoms with Gasteiger partial charge in [0.25, 0.3) is 6.43 Å². The zero-order chi connectivity index (χ0) is 10.0. The van der Waals surface area contributed by atoms with Gasteiger partial charge in [-0.3, -0.25) is 0 Å². The largest absolute Gasteiger partial charge is 0.325 e. The van der Waals surface area contributed by atoms with Crippen molar-refractivity contribution >= 4 is 11.6 Å². The molecule has 0 aromatic carbocycles. The van der Waals surface area contributed by atoms with Crippen molar-refractivity contribution < 1.29 is 13.2 Å². The summed E-state index contributed by atoms with van der Waals surface area (Å²) in [4.78, 5) is 3.40. The standard InChI is InChI=1S/C7H6ClF3N2/c8-5-4(9)1-3(2-12)13-6(5)7(10)11/h1,7H,2,12H2. The van der Waals surface area contributed by atoms with E-state index >= 15 is 0 Å². The lowest BCUT2D eigenvalue weighted by atomic mass is 10.3. The Kier molecular flexibility index (Phi) is 3.11. The van der Waals surface area contributed by atoms with E-state index in [-0.39, 0.29) is 12.2 Å². The van der Waals surface area contributed by atoms with E-state index in [0.717, 1.165) is 6.07 Å². The third-order valence-electron chi connectivity index (χ3n) is 1.41. The smallest absolute Gasteiger partial charge is 0.281 e. The quantitative estimate of drug-likeness (QED) is 0.813. The molecule has 0 spiro atoms.